The fraction of sp³-hybridized carbons (Fsp3) is 0.368. The van der Waals surface area contributed by atoms with Gasteiger partial charge in [0.15, 0.2) is 5.96 Å². The third kappa shape index (κ3) is 7.15. The maximum absolute atomic E-state index is 12.9. The van der Waals surface area contributed by atoms with Crippen molar-refractivity contribution in [2.45, 2.75) is 32.9 Å². The Morgan fingerprint density at radius 2 is 1.85 bits per heavy atom. The number of unbranched alkanes of at least 4 members (excludes halogenated alkanes) is 1. The molecule has 0 amide bonds. The first-order valence-corrected chi connectivity index (χ1v) is 8.45. The molecule has 26 heavy (non-hydrogen) atoms. The molecule has 2 aromatic rings. The molecule has 0 saturated carbocycles. The van der Waals surface area contributed by atoms with Gasteiger partial charge in [0.25, 0.3) is 5.56 Å². The quantitative estimate of drug-likeness (QED) is 0.282. The van der Waals surface area contributed by atoms with Crippen LogP contribution < -0.4 is 16.2 Å². The molecule has 0 aliphatic heterocycles. The van der Waals surface area contributed by atoms with Crippen LogP contribution in [-0.2, 0) is 13.1 Å². The lowest BCUT2D eigenvalue weighted by atomic mass is 10.2. The summed E-state index contributed by atoms with van der Waals surface area (Å²) >= 11 is 0. The Hall–Kier alpha value is -1.90. The van der Waals surface area contributed by atoms with Gasteiger partial charge in [0.2, 0.25) is 0 Å². The van der Waals surface area contributed by atoms with E-state index in [4.69, 9.17) is 0 Å². The van der Waals surface area contributed by atoms with Crippen molar-refractivity contribution in [2.75, 3.05) is 13.6 Å². The molecule has 0 aliphatic carbocycles. The number of benzene rings is 1. The summed E-state index contributed by atoms with van der Waals surface area (Å²) in [5, 5.41) is 6.44. The molecule has 142 valence electrons. The van der Waals surface area contributed by atoms with Crippen molar-refractivity contribution in [1.82, 2.24) is 15.2 Å². The lowest BCUT2D eigenvalue weighted by molar-refractivity contribution is 0.575. The van der Waals surface area contributed by atoms with Crippen LogP contribution in [0, 0.1) is 12.7 Å². The van der Waals surface area contributed by atoms with E-state index in [1.165, 1.54) is 12.1 Å². The van der Waals surface area contributed by atoms with E-state index in [0.717, 1.165) is 37.2 Å². The van der Waals surface area contributed by atoms with E-state index in [2.05, 4.69) is 15.6 Å². The van der Waals surface area contributed by atoms with E-state index in [1.807, 2.05) is 13.0 Å². The number of hydrogen-bond acceptors (Lipinski definition) is 2. The van der Waals surface area contributed by atoms with Gasteiger partial charge in [-0.2, -0.15) is 0 Å². The van der Waals surface area contributed by atoms with Crippen LogP contribution in [0.1, 0.15) is 24.1 Å². The summed E-state index contributed by atoms with van der Waals surface area (Å²) in [6, 6.07) is 11.7. The highest BCUT2D eigenvalue weighted by Crippen LogP contribution is 2.02. The second-order valence-corrected chi connectivity index (χ2v) is 5.84. The van der Waals surface area contributed by atoms with Gasteiger partial charge in [-0.15, -0.1) is 24.0 Å². The van der Waals surface area contributed by atoms with Gasteiger partial charge >= 0.3 is 0 Å². The van der Waals surface area contributed by atoms with Gasteiger partial charge in [0.05, 0.1) is 0 Å². The number of aliphatic imine (C=N–C) groups is 1. The zero-order valence-corrected chi connectivity index (χ0v) is 17.5. The summed E-state index contributed by atoms with van der Waals surface area (Å²) < 4.78 is 14.7. The number of guanidine groups is 1. The highest BCUT2D eigenvalue weighted by Gasteiger charge is 2.01. The first kappa shape index (κ1) is 22.1. The molecule has 0 saturated heterocycles. The SMILES string of the molecule is CN=C(NCCCCn1c(C)cccc1=O)NCc1ccc(F)cc1.I. The third-order valence-corrected chi connectivity index (χ3v) is 3.97. The predicted octanol–water partition coefficient (Wildman–Crippen LogP) is 3.06. The molecule has 0 aliphatic rings. The molecule has 1 aromatic carbocycles. The van der Waals surface area contributed by atoms with Gasteiger partial charge < -0.3 is 15.2 Å². The molecular formula is C19H26FIN4O. The highest BCUT2D eigenvalue weighted by molar-refractivity contribution is 14.0. The van der Waals surface area contributed by atoms with Crippen LogP contribution >= 0.6 is 24.0 Å². The largest absolute Gasteiger partial charge is 0.356 e. The zero-order valence-electron chi connectivity index (χ0n) is 15.2. The zero-order chi connectivity index (χ0) is 18.1. The van der Waals surface area contributed by atoms with Gasteiger partial charge in [-0.1, -0.05) is 18.2 Å². The number of nitrogens with one attached hydrogen (secondary N) is 2. The Kier molecular flexibility index (Phi) is 9.93. The van der Waals surface area contributed by atoms with Crippen LogP contribution in [0.2, 0.25) is 0 Å². The minimum atomic E-state index is -0.237. The highest BCUT2D eigenvalue weighted by atomic mass is 127. The monoisotopic (exact) mass is 472 g/mol. The summed E-state index contributed by atoms with van der Waals surface area (Å²) in [4.78, 5) is 16.0. The van der Waals surface area contributed by atoms with Crippen molar-refractivity contribution >= 4 is 29.9 Å². The van der Waals surface area contributed by atoms with Crippen LogP contribution in [0.4, 0.5) is 4.39 Å². The molecule has 0 fully saturated rings. The molecule has 0 unspecified atom stereocenters. The number of halogens is 2. The van der Waals surface area contributed by atoms with Crippen molar-refractivity contribution in [3.05, 3.63) is 69.9 Å². The van der Waals surface area contributed by atoms with E-state index in [0.29, 0.717) is 12.5 Å². The van der Waals surface area contributed by atoms with E-state index in [-0.39, 0.29) is 35.4 Å². The van der Waals surface area contributed by atoms with Crippen molar-refractivity contribution in [3.63, 3.8) is 0 Å². The molecule has 0 atom stereocenters. The van der Waals surface area contributed by atoms with Crippen LogP contribution in [0.3, 0.4) is 0 Å². The van der Waals surface area contributed by atoms with Crippen molar-refractivity contribution in [2.24, 2.45) is 4.99 Å². The van der Waals surface area contributed by atoms with E-state index >= 15 is 0 Å². The van der Waals surface area contributed by atoms with Gasteiger partial charge in [-0.25, -0.2) is 4.39 Å². The molecule has 7 heteroatoms. The maximum atomic E-state index is 12.9. The summed E-state index contributed by atoms with van der Waals surface area (Å²) in [5.74, 6) is 0.469. The summed E-state index contributed by atoms with van der Waals surface area (Å²) in [6.45, 7) is 4.01. The summed E-state index contributed by atoms with van der Waals surface area (Å²) in [6.07, 6.45) is 1.84. The number of aryl methyl sites for hydroxylation is 1. The Balaban J connectivity index is 0.00000338. The average molecular weight is 472 g/mol. The Labute approximate surface area is 170 Å². The van der Waals surface area contributed by atoms with Crippen LogP contribution in [-0.4, -0.2) is 24.1 Å². The molecule has 0 bridgehead atoms. The Morgan fingerprint density at radius 3 is 2.50 bits per heavy atom. The minimum Gasteiger partial charge on any atom is -0.356 e. The van der Waals surface area contributed by atoms with Crippen molar-refractivity contribution in [3.8, 4) is 0 Å². The second-order valence-electron chi connectivity index (χ2n) is 5.84. The van der Waals surface area contributed by atoms with E-state index < -0.39 is 0 Å². The van der Waals surface area contributed by atoms with Crippen LogP contribution in [0.15, 0.2) is 52.3 Å². The third-order valence-electron chi connectivity index (χ3n) is 3.97. The Morgan fingerprint density at radius 1 is 1.12 bits per heavy atom. The lowest BCUT2D eigenvalue weighted by Gasteiger charge is -2.13. The van der Waals surface area contributed by atoms with Gasteiger partial charge in [0.1, 0.15) is 5.82 Å². The number of nitrogens with zero attached hydrogens (tertiary/aromatic N) is 2. The molecule has 1 aromatic heterocycles. The van der Waals surface area contributed by atoms with E-state index in [1.54, 1.807) is 35.9 Å². The molecule has 2 rings (SSSR count). The molecule has 2 N–H and O–H groups in total. The topological polar surface area (TPSA) is 58.4 Å². The smallest absolute Gasteiger partial charge is 0.250 e. The predicted molar refractivity (Wildman–Crippen MR) is 115 cm³/mol. The first-order chi connectivity index (χ1) is 12.1. The first-order valence-electron chi connectivity index (χ1n) is 8.45. The molecule has 0 radical (unpaired) electrons. The van der Waals surface area contributed by atoms with E-state index in [9.17, 15) is 9.18 Å². The minimum absolute atomic E-state index is 0. The number of pyridine rings is 1. The second kappa shape index (κ2) is 11.7. The fourth-order valence-corrected chi connectivity index (χ4v) is 2.52. The van der Waals surface area contributed by atoms with Crippen molar-refractivity contribution < 1.29 is 4.39 Å². The summed E-state index contributed by atoms with van der Waals surface area (Å²) in [5.41, 5.74) is 2.02. The number of aromatic nitrogens is 1. The molecule has 5 nitrogen and oxygen atoms in total. The normalized spacial score (nSPS) is 11.0. The van der Waals surface area contributed by atoms with Gasteiger partial charge in [0, 0.05) is 38.4 Å². The van der Waals surface area contributed by atoms with Gasteiger partial charge in [-0.3, -0.25) is 9.79 Å². The molecule has 1 heterocycles. The fourth-order valence-electron chi connectivity index (χ4n) is 2.52. The molecule has 0 spiro atoms. The Bertz CT molecular complexity index is 759. The lowest BCUT2D eigenvalue weighted by Crippen LogP contribution is -2.37. The number of rotatable bonds is 7. The van der Waals surface area contributed by atoms with Crippen molar-refractivity contribution in [1.29, 1.82) is 0 Å². The molecular weight excluding hydrogens is 446 g/mol. The maximum Gasteiger partial charge on any atom is 0.250 e. The standard InChI is InChI=1S/C19H25FN4O.HI/c1-15-6-5-7-18(25)24(15)13-4-3-12-22-19(21-2)23-14-16-8-10-17(20)11-9-16;/h5-11H,3-4,12-14H2,1-2H3,(H2,21,22,23);1H. The summed E-state index contributed by atoms with van der Waals surface area (Å²) in [7, 11) is 1.72. The van der Waals surface area contributed by atoms with Gasteiger partial charge in [-0.05, 0) is 43.5 Å². The average Bonchev–Trinajstić information content (AvgIpc) is 2.61. The van der Waals surface area contributed by atoms with Crippen LogP contribution in [0.25, 0.3) is 0 Å². The van der Waals surface area contributed by atoms with Crippen LogP contribution in [0.5, 0.6) is 0 Å². The number of hydrogen-bond donors (Lipinski definition) is 2.